The van der Waals surface area contributed by atoms with Crippen molar-refractivity contribution in [3.8, 4) is 0 Å². The second-order valence-electron chi connectivity index (χ2n) is 5.42. The van der Waals surface area contributed by atoms with Crippen LogP contribution in [-0.4, -0.2) is 31.6 Å². The van der Waals surface area contributed by atoms with Gasteiger partial charge in [-0.2, -0.15) is 0 Å². The van der Waals surface area contributed by atoms with E-state index in [0.717, 1.165) is 20.8 Å². The molecule has 19 heavy (non-hydrogen) atoms. The van der Waals surface area contributed by atoms with E-state index in [2.05, 4.69) is 4.98 Å². The second kappa shape index (κ2) is 4.85. The van der Waals surface area contributed by atoms with Gasteiger partial charge >= 0.3 is 6.09 Å². The molecular weight excluding hydrogens is 259 g/mol. The molecule has 2 aromatic rings. The van der Waals surface area contributed by atoms with Crippen LogP contribution >= 0.6 is 11.3 Å². The molecule has 0 N–H and O–H groups in total. The van der Waals surface area contributed by atoms with Gasteiger partial charge in [-0.05, 0) is 39.0 Å². The Kier molecular flexibility index (Phi) is 3.54. The molecule has 1 aromatic carbocycles. The number of carbonyl (C=O) groups is 1. The van der Waals surface area contributed by atoms with Crippen LogP contribution in [0.1, 0.15) is 20.8 Å². The van der Waals surface area contributed by atoms with E-state index in [4.69, 9.17) is 4.74 Å². The minimum absolute atomic E-state index is 0.362. The van der Waals surface area contributed by atoms with Gasteiger partial charge in [0.1, 0.15) is 5.60 Å². The van der Waals surface area contributed by atoms with Crippen molar-refractivity contribution in [2.75, 3.05) is 11.9 Å². The standard InChI is InChI=1S/C13H17BN2O2S/c1-13(2,3)18-12(17)16(4)8-5-6-10-9(7-8)15-11(14)19-10/h5-7H,14H2,1-4H3. The van der Waals surface area contributed by atoms with Gasteiger partial charge in [-0.25, -0.2) is 4.79 Å². The number of anilines is 1. The summed E-state index contributed by atoms with van der Waals surface area (Å²) >= 11 is 1.65. The second-order valence-corrected chi connectivity index (χ2v) is 6.66. The maximum Gasteiger partial charge on any atom is 0.414 e. The van der Waals surface area contributed by atoms with Crippen molar-refractivity contribution in [1.82, 2.24) is 4.98 Å². The van der Waals surface area contributed by atoms with Gasteiger partial charge in [-0.1, -0.05) is 0 Å². The van der Waals surface area contributed by atoms with Gasteiger partial charge in [-0.15, -0.1) is 11.3 Å². The van der Waals surface area contributed by atoms with Crippen molar-refractivity contribution in [3.05, 3.63) is 18.2 Å². The number of amides is 1. The number of rotatable bonds is 1. The quantitative estimate of drug-likeness (QED) is 0.747. The van der Waals surface area contributed by atoms with E-state index in [1.807, 2.05) is 46.8 Å². The molecule has 0 radical (unpaired) electrons. The van der Waals surface area contributed by atoms with Crippen LogP contribution in [0.2, 0.25) is 0 Å². The third-order valence-electron chi connectivity index (χ3n) is 2.53. The monoisotopic (exact) mass is 276 g/mol. The van der Waals surface area contributed by atoms with Gasteiger partial charge in [0.15, 0.2) is 7.85 Å². The maximum atomic E-state index is 12.0. The molecule has 1 heterocycles. The summed E-state index contributed by atoms with van der Waals surface area (Å²) < 4.78 is 6.46. The summed E-state index contributed by atoms with van der Waals surface area (Å²) in [6.07, 6.45) is -0.362. The van der Waals surface area contributed by atoms with Gasteiger partial charge in [0.2, 0.25) is 0 Å². The fourth-order valence-electron chi connectivity index (χ4n) is 1.68. The number of thiazole rings is 1. The van der Waals surface area contributed by atoms with Crippen LogP contribution in [0.4, 0.5) is 10.5 Å². The van der Waals surface area contributed by atoms with E-state index < -0.39 is 5.60 Å². The number of hydrogen-bond acceptors (Lipinski definition) is 4. The highest BCUT2D eigenvalue weighted by Gasteiger charge is 2.20. The predicted octanol–water partition coefficient (Wildman–Crippen LogP) is 1.93. The fraction of sp³-hybridized carbons (Fsp3) is 0.385. The highest BCUT2D eigenvalue weighted by molar-refractivity contribution is 7.25. The molecular formula is C13H17BN2O2S. The van der Waals surface area contributed by atoms with Crippen LogP contribution in [0.15, 0.2) is 18.2 Å². The number of hydrogen-bond donors (Lipinski definition) is 0. The molecule has 1 amide bonds. The largest absolute Gasteiger partial charge is 0.443 e. The number of ether oxygens (including phenoxy) is 1. The van der Waals surface area contributed by atoms with Crippen molar-refractivity contribution in [2.45, 2.75) is 26.4 Å². The van der Waals surface area contributed by atoms with Crippen LogP contribution in [0.3, 0.4) is 0 Å². The van der Waals surface area contributed by atoms with Crippen molar-refractivity contribution in [1.29, 1.82) is 0 Å². The number of aromatic nitrogens is 1. The number of nitrogens with zero attached hydrogens (tertiary/aromatic N) is 2. The number of carbonyl (C=O) groups excluding carboxylic acids is 1. The Labute approximate surface area is 117 Å². The van der Waals surface area contributed by atoms with E-state index in [1.54, 1.807) is 18.4 Å². The molecule has 1 aromatic heterocycles. The van der Waals surface area contributed by atoms with Crippen molar-refractivity contribution in [3.63, 3.8) is 0 Å². The first-order valence-corrected chi connectivity index (χ1v) is 6.92. The van der Waals surface area contributed by atoms with Gasteiger partial charge in [-0.3, -0.25) is 9.88 Å². The molecule has 0 fully saturated rings. The van der Waals surface area contributed by atoms with Crippen molar-refractivity contribution < 1.29 is 9.53 Å². The summed E-state index contributed by atoms with van der Waals surface area (Å²) in [7, 11) is 3.68. The molecule has 100 valence electrons. The lowest BCUT2D eigenvalue weighted by Crippen LogP contribution is -2.34. The highest BCUT2D eigenvalue weighted by Crippen LogP contribution is 2.23. The van der Waals surface area contributed by atoms with E-state index in [1.165, 1.54) is 4.90 Å². The van der Waals surface area contributed by atoms with E-state index in [9.17, 15) is 4.79 Å². The Balaban J connectivity index is 2.25. The van der Waals surface area contributed by atoms with Crippen molar-refractivity contribution in [2.24, 2.45) is 0 Å². The summed E-state index contributed by atoms with van der Waals surface area (Å²) in [4.78, 5) is 18.9. The maximum absolute atomic E-state index is 12.0. The average Bonchev–Trinajstić information content (AvgIpc) is 2.64. The van der Waals surface area contributed by atoms with Gasteiger partial charge in [0, 0.05) is 17.6 Å². The summed E-state index contributed by atoms with van der Waals surface area (Å²) in [5.41, 5.74) is 1.20. The lowest BCUT2D eigenvalue weighted by molar-refractivity contribution is 0.0589. The van der Waals surface area contributed by atoms with Crippen LogP contribution in [0.25, 0.3) is 10.2 Å². The Morgan fingerprint density at radius 1 is 1.42 bits per heavy atom. The van der Waals surface area contributed by atoms with Gasteiger partial charge < -0.3 is 4.74 Å². The zero-order valence-corrected chi connectivity index (χ0v) is 12.7. The number of fused-ring (bicyclic) bond motifs is 1. The minimum Gasteiger partial charge on any atom is -0.443 e. The summed E-state index contributed by atoms with van der Waals surface area (Å²) in [6.45, 7) is 5.56. The number of benzene rings is 1. The lowest BCUT2D eigenvalue weighted by Gasteiger charge is -2.24. The summed E-state index contributed by atoms with van der Waals surface area (Å²) in [5, 5.41) is 0. The molecule has 0 aliphatic rings. The Morgan fingerprint density at radius 2 is 2.11 bits per heavy atom. The molecule has 4 nitrogen and oxygen atoms in total. The molecule has 0 atom stereocenters. The molecule has 0 aliphatic carbocycles. The lowest BCUT2D eigenvalue weighted by atomic mass is 10.2. The third kappa shape index (κ3) is 3.26. The van der Waals surface area contributed by atoms with Crippen LogP contribution in [0.5, 0.6) is 0 Å². The zero-order chi connectivity index (χ0) is 14.2. The van der Waals surface area contributed by atoms with E-state index in [-0.39, 0.29) is 6.09 Å². The molecule has 0 bridgehead atoms. The molecule has 6 heteroatoms. The first-order valence-electron chi connectivity index (χ1n) is 6.10. The fourth-order valence-corrected chi connectivity index (χ4v) is 2.48. The highest BCUT2D eigenvalue weighted by atomic mass is 32.1. The van der Waals surface area contributed by atoms with Gasteiger partial charge in [0.25, 0.3) is 0 Å². The summed E-state index contributed by atoms with van der Waals surface area (Å²) in [5.74, 6) is 0. The Bertz CT molecular complexity index is 619. The predicted molar refractivity (Wildman–Crippen MR) is 82.4 cm³/mol. The smallest absolute Gasteiger partial charge is 0.414 e. The Morgan fingerprint density at radius 3 is 2.74 bits per heavy atom. The first kappa shape index (κ1) is 13.9. The molecule has 0 saturated heterocycles. The van der Waals surface area contributed by atoms with E-state index >= 15 is 0 Å². The minimum atomic E-state index is -0.493. The van der Waals surface area contributed by atoms with Crippen LogP contribution in [-0.2, 0) is 4.74 Å². The topological polar surface area (TPSA) is 42.4 Å². The average molecular weight is 276 g/mol. The summed E-state index contributed by atoms with van der Waals surface area (Å²) in [6, 6.07) is 5.79. The molecule has 2 rings (SSSR count). The molecule has 0 spiro atoms. The van der Waals surface area contributed by atoms with E-state index in [0.29, 0.717) is 0 Å². The van der Waals surface area contributed by atoms with Gasteiger partial charge in [0.05, 0.1) is 10.2 Å². The normalized spacial score (nSPS) is 11.6. The Hall–Kier alpha value is -1.56. The zero-order valence-electron chi connectivity index (χ0n) is 11.9. The molecule has 0 saturated carbocycles. The van der Waals surface area contributed by atoms with Crippen molar-refractivity contribution >= 4 is 46.1 Å². The van der Waals surface area contributed by atoms with Crippen LogP contribution < -0.4 is 9.81 Å². The SMILES string of the molecule is Bc1nc2cc(N(C)C(=O)OC(C)(C)C)ccc2s1. The van der Waals surface area contributed by atoms with Crippen LogP contribution in [0, 0.1) is 0 Å². The first-order chi connectivity index (χ1) is 8.76. The molecule has 0 aliphatic heterocycles. The third-order valence-corrected chi connectivity index (χ3v) is 3.48. The molecule has 0 unspecified atom stereocenters.